The Morgan fingerprint density at radius 1 is 0.353 bits per heavy atom. The highest BCUT2D eigenvalue weighted by Gasteiger charge is 2.28. The summed E-state index contributed by atoms with van der Waals surface area (Å²) in [5.41, 5.74) is 11.1. The van der Waals surface area contributed by atoms with Crippen LogP contribution in [0.1, 0.15) is 0 Å². The Labute approximate surface area is 401 Å². The summed E-state index contributed by atoms with van der Waals surface area (Å²) >= 11 is 3.35. The predicted molar refractivity (Wildman–Crippen MR) is 285 cm³/mol. The van der Waals surface area contributed by atoms with Crippen LogP contribution in [0.15, 0.2) is 231 Å². The van der Waals surface area contributed by atoms with Crippen molar-refractivity contribution in [2.24, 2.45) is 0 Å². The van der Waals surface area contributed by atoms with E-state index in [0.29, 0.717) is 0 Å². The molecule has 0 fully saturated rings. The van der Waals surface area contributed by atoms with E-state index >= 15 is 0 Å². The van der Waals surface area contributed by atoms with Crippen LogP contribution in [0.25, 0.3) is 76.0 Å². The number of nitrogens with zero attached hydrogens (tertiary/aromatic N) is 4. The third-order valence-corrected chi connectivity index (χ3v) is 14.5. The van der Waals surface area contributed by atoms with Crippen LogP contribution >= 0.6 is 22.7 Å². The second-order valence-corrected chi connectivity index (χ2v) is 18.6. The molecule has 68 heavy (non-hydrogen) atoms. The first-order valence-corrected chi connectivity index (χ1v) is 24.0. The zero-order chi connectivity index (χ0) is 45.6. The molecule has 2 N–H and O–H groups in total. The molecule has 6 nitrogen and oxygen atoms in total. The molecule has 324 valence electrons. The van der Waals surface area contributed by atoms with Gasteiger partial charge in [-0.15, -0.1) is 22.7 Å². The molecule has 0 saturated heterocycles. The molecular weight excluding hydrogens is 873 g/mol. The molecule has 0 spiro atoms. The van der Waals surface area contributed by atoms with Gasteiger partial charge in [-0.1, -0.05) is 146 Å². The van der Waals surface area contributed by atoms with Crippen molar-refractivity contribution in [2.75, 3.05) is 9.80 Å². The molecule has 0 aliphatic carbocycles. The van der Waals surface area contributed by atoms with Gasteiger partial charge in [0.1, 0.15) is 32.9 Å². The topological polar surface area (TPSA) is 72.7 Å². The molecule has 0 amide bonds. The van der Waals surface area contributed by atoms with E-state index in [1.54, 1.807) is 46.9 Å². The summed E-state index contributed by atoms with van der Waals surface area (Å²) < 4.78 is 0. The Kier molecular flexibility index (Phi) is 10.4. The number of fused-ring (bicyclic) bond motifs is 3. The Balaban J connectivity index is 1.13. The van der Waals surface area contributed by atoms with Crippen LogP contribution in [-0.4, -0.2) is 20.2 Å². The Morgan fingerprint density at radius 2 is 0.721 bits per heavy atom. The number of rotatable bonds is 10. The molecule has 0 aliphatic heterocycles. The molecule has 3 aromatic heterocycles. The molecule has 8 heteroatoms. The highest BCUT2D eigenvalue weighted by atomic mass is 32.1. The van der Waals surface area contributed by atoms with Gasteiger partial charge in [-0.2, -0.15) is 0 Å². The van der Waals surface area contributed by atoms with Gasteiger partial charge >= 0.3 is 0 Å². The van der Waals surface area contributed by atoms with Gasteiger partial charge in [0.2, 0.25) is 0 Å². The standard InChI is InChI=1S/C60H40N4O2S2/c65-45-33-29-41(30-34-45)49-37-55(67-59(49)63(43-19-3-1-4-20-43)53-27-13-17-39-15-7-9-23-47(39)53)57-58(62-52-26-12-11-25-51(52)61-57)56-38-50(42-31-35-46(66)36-32-42)60(68-56)64(44-21-5-2-6-22-44)54-28-14-18-40-16-8-10-24-48(40)54/h1-38,65-66H. The summed E-state index contributed by atoms with van der Waals surface area (Å²) in [5.74, 6) is 0.404. The third kappa shape index (κ3) is 7.48. The first-order valence-electron chi connectivity index (χ1n) is 22.3. The summed E-state index contributed by atoms with van der Waals surface area (Å²) in [4.78, 5) is 17.6. The smallest absolute Gasteiger partial charge is 0.115 e. The van der Waals surface area contributed by atoms with E-state index < -0.39 is 0 Å². The van der Waals surface area contributed by atoms with Gasteiger partial charge in [0.15, 0.2) is 0 Å². The molecule has 0 unspecified atom stereocenters. The maximum atomic E-state index is 10.5. The Morgan fingerprint density at radius 3 is 1.15 bits per heavy atom. The third-order valence-electron chi connectivity index (χ3n) is 12.3. The second-order valence-electron chi connectivity index (χ2n) is 16.5. The molecule has 12 aromatic rings. The highest BCUT2D eigenvalue weighted by Crippen LogP contribution is 2.54. The number of aromatic nitrogens is 2. The fourth-order valence-corrected chi connectivity index (χ4v) is 11.5. The Bertz CT molecular complexity index is 3520. The SMILES string of the molecule is Oc1ccc(-c2cc(-c3nc4ccccc4nc3-c3cc(-c4ccc(O)cc4)c(N(c4ccccc4)c4cccc5ccccc45)s3)sc2N(c2ccccc2)c2cccc3ccccc23)cc1. The van der Waals surface area contributed by atoms with Crippen molar-refractivity contribution < 1.29 is 10.2 Å². The van der Waals surface area contributed by atoms with E-state index in [9.17, 15) is 10.2 Å². The molecular formula is C60H40N4O2S2. The summed E-state index contributed by atoms with van der Waals surface area (Å²) in [6.45, 7) is 0. The number of hydrogen-bond acceptors (Lipinski definition) is 8. The predicted octanol–water partition coefficient (Wildman–Crippen LogP) is 17.1. The van der Waals surface area contributed by atoms with Crippen molar-refractivity contribution in [2.45, 2.75) is 0 Å². The van der Waals surface area contributed by atoms with Crippen molar-refractivity contribution in [1.82, 2.24) is 9.97 Å². The molecule has 0 aliphatic rings. The number of para-hydroxylation sites is 4. The molecule has 0 radical (unpaired) electrons. The zero-order valence-electron chi connectivity index (χ0n) is 36.4. The quantitative estimate of drug-likeness (QED) is 0.142. The first kappa shape index (κ1) is 40.9. The lowest BCUT2D eigenvalue weighted by Gasteiger charge is -2.26. The van der Waals surface area contributed by atoms with E-state index in [2.05, 4.69) is 155 Å². The molecule has 0 bridgehead atoms. The number of anilines is 6. The summed E-state index contributed by atoms with van der Waals surface area (Å²) in [5, 5.41) is 27.6. The van der Waals surface area contributed by atoms with Crippen LogP contribution in [0.2, 0.25) is 0 Å². The van der Waals surface area contributed by atoms with Crippen LogP contribution in [0, 0.1) is 0 Å². The summed E-state index contributed by atoms with van der Waals surface area (Å²) in [6, 6.07) is 78.3. The van der Waals surface area contributed by atoms with Gasteiger partial charge in [0.25, 0.3) is 0 Å². The molecule has 0 saturated carbocycles. The fraction of sp³-hybridized carbons (Fsp3) is 0. The Hall–Kier alpha value is -8.56. The van der Waals surface area contributed by atoms with Gasteiger partial charge in [-0.05, 0) is 107 Å². The van der Waals surface area contributed by atoms with Crippen molar-refractivity contribution >= 4 is 88.0 Å². The van der Waals surface area contributed by atoms with Crippen LogP contribution < -0.4 is 9.80 Å². The van der Waals surface area contributed by atoms with Crippen LogP contribution in [0.3, 0.4) is 0 Å². The summed E-state index contributed by atoms with van der Waals surface area (Å²) in [7, 11) is 0. The number of thiophene rings is 2. The number of benzene rings is 9. The van der Waals surface area contributed by atoms with Gasteiger partial charge in [-0.3, -0.25) is 0 Å². The average Bonchev–Trinajstić information content (AvgIpc) is 4.03. The largest absolute Gasteiger partial charge is 0.508 e. The van der Waals surface area contributed by atoms with Gasteiger partial charge in [-0.25, -0.2) is 9.97 Å². The minimum atomic E-state index is 0.202. The van der Waals surface area contributed by atoms with Crippen LogP contribution in [-0.2, 0) is 0 Å². The maximum Gasteiger partial charge on any atom is 0.115 e. The number of hydrogen-bond donors (Lipinski definition) is 2. The van der Waals surface area contributed by atoms with E-state index in [0.717, 1.165) is 109 Å². The molecule has 12 rings (SSSR count). The fourth-order valence-electron chi connectivity index (χ4n) is 9.06. The van der Waals surface area contributed by atoms with Gasteiger partial charge in [0, 0.05) is 33.3 Å². The summed E-state index contributed by atoms with van der Waals surface area (Å²) in [6.07, 6.45) is 0. The lowest BCUT2D eigenvalue weighted by Crippen LogP contribution is -2.09. The maximum absolute atomic E-state index is 10.5. The number of phenolic OH excluding ortho intramolecular Hbond substituents is 2. The monoisotopic (exact) mass is 912 g/mol. The van der Waals surface area contributed by atoms with Crippen molar-refractivity contribution in [3.8, 4) is 54.9 Å². The average molecular weight is 913 g/mol. The minimum absolute atomic E-state index is 0.202. The van der Waals surface area contributed by atoms with Gasteiger partial charge in [0.05, 0.1) is 32.2 Å². The van der Waals surface area contributed by atoms with Crippen molar-refractivity contribution in [3.05, 3.63) is 231 Å². The zero-order valence-corrected chi connectivity index (χ0v) is 38.1. The van der Waals surface area contributed by atoms with Crippen LogP contribution in [0.4, 0.5) is 32.8 Å². The lowest BCUT2D eigenvalue weighted by molar-refractivity contribution is 0.475. The lowest BCUT2D eigenvalue weighted by atomic mass is 10.0. The van der Waals surface area contributed by atoms with E-state index in [4.69, 9.17) is 9.97 Å². The number of aromatic hydroxyl groups is 2. The van der Waals surface area contributed by atoms with Crippen molar-refractivity contribution in [1.29, 1.82) is 0 Å². The van der Waals surface area contributed by atoms with Gasteiger partial charge < -0.3 is 20.0 Å². The van der Waals surface area contributed by atoms with Crippen LogP contribution in [0.5, 0.6) is 11.5 Å². The molecule has 3 heterocycles. The van der Waals surface area contributed by atoms with E-state index in [-0.39, 0.29) is 11.5 Å². The molecule has 9 aromatic carbocycles. The first-order chi connectivity index (χ1) is 33.5. The molecule has 0 atom stereocenters. The number of phenols is 2. The van der Waals surface area contributed by atoms with E-state index in [1.807, 2.05) is 60.7 Å². The van der Waals surface area contributed by atoms with Crippen molar-refractivity contribution in [3.63, 3.8) is 0 Å². The second kappa shape index (κ2) is 17.3. The highest BCUT2D eigenvalue weighted by molar-refractivity contribution is 7.21. The minimum Gasteiger partial charge on any atom is -0.508 e. The normalized spacial score (nSPS) is 11.4. The van der Waals surface area contributed by atoms with E-state index in [1.165, 1.54) is 0 Å².